The molecule has 0 unspecified atom stereocenters. The van der Waals surface area contributed by atoms with Gasteiger partial charge in [0.25, 0.3) is 0 Å². The van der Waals surface area contributed by atoms with Crippen LogP contribution in [0.2, 0.25) is 0 Å². The highest BCUT2D eigenvalue weighted by Crippen LogP contribution is 2.30. The molecule has 0 aromatic heterocycles. The van der Waals surface area contributed by atoms with Crippen LogP contribution >= 0.6 is 0 Å². The number of nitrogens with zero attached hydrogens (tertiary/aromatic N) is 1. The summed E-state index contributed by atoms with van der Waals surface area (Å²) in [5, 5.41) is 0. The minimum absolute atomic E-state index is 0.0689. The number of amides is 1. The molecule has 1 aromatic carbocycles. The first-order valence-corrected chi connectivity index (χ1v) is 9.96. The Balaban J connectivity index is 1.56. The molecule has 2 saturated heterocycles. The molecular weight excluding hydrogens is 341 g/mol. The van der Waals surface area contributed by atoms with Crippen molar-refractivity contribution >= 4 is 18.7 Å². The maximum absolute atomic E-state index is 12.2. The van der Waals surface area contributed by atoms with Crippen LogP contribution in [0, 0.1) is 0 Å². The van der Waals surface area contributed by atoms with E-state index in [1.807, 2.05) is 32.6 Å². The monoisotopic (exact) mass is 373 g/mol. The quantitative estimate of drug-likeness (QED) is 0.742. The van der Waals surface area contributed by atoms with Gasteiger partial charge >= 0.3 is 13.2 Å². The highest BCUT2D eigenvalue weighted by molar-refractivity contribution is 6.61. The summed E-state index contributed by atoms with van der Waals surface area (Å²) in [5.41, 5.74) is 1.66. The number of carbonyl (C=O) groups excluding carboxylic acids is 1. The lowest BCUT2D eigenvalue weighted by molar-refractivity contribution is 0.0205. The molecule has 2 aliphatic rings. The van der Waals surface area contributed by atoms with Crippen LogP contribution in [-0.4, -0.2) is 48.5 Å². The second-order valence-corrected chi connectivity index (χ2v) is 9.24. The molecule has 1 amide bonds. The van der Waals surface area contributed by atoms with Crippen molar-refractivity contribution in [3.05, 3.63) is 29.8 Å². The van der Waals surface area contributed by atoms with Crippen LogP contribution in [0.5, 0.6) is 0 Å². The van der Waals surface area contributed by atoms with Crippen molar-refractivity contribution in [2.45, 2.75) is 77.6 Å². The van der Waals surface area contributed by atoms with Crippen LogP contribution in [0.15, 0.2) is 24.3 Å². The lowest BCUT2D eigenvalue weighted by Gasteiger charge is -2.33. The second-order valence-electron chi connectivity index (χ2n) is 9.24. The van der Waals surface area contributed by atoms with Gasteiger partial charge in [-0.15, -0.1) is 0 Å². The normalized spacial score (nSPS) is 23.6. The Bertz CT molecular complexity index is 660. The van der Waals surface area contributed by atoms with Crippen LogP contribution in [0.25, 0.3) is 0 Å². The predicted molar refractivity (Wildman–Crippen MR) is 107 cm³/mol. The molecule has 3 rings (SSSR count). The molecule has 2 heterocycles. The molecule has 0 radical (unpaired) electrons. The molecule has 0 saturated carbocycles. The van der Waals surface area contributed by atoms with Crippen molar-refractivity contribution in [3.8, 4) is 0 Å². The van der Waals surface area contributed by atoms with Gasteiger partial charge < -0.3 is 18.9 Å². The average Bonchev–Trinajstić information content (AvgIpc) is 2.87. The zero-order valence-corrected chi connectivity index (χ0v) is 17.5. The Morgan fingerprint density at radius 2 is 1.78 bits per heavy atom. The predicted octanol–water partition coefficient (Wildman–Crippen LogP) is 3.71. The molecule has 0 N–H and O–H groups in total. The number of hydrogen-bond donors (Lipinski definition) is 0. The highest BCUT2D eigenvalue weighted by atomic mass is 16.7. The summed E-state index contributed by atoms with van der Waals surface area (Å²) in [6.07, 6.45) is 1.78. The van der Waals surface area contributed by atoms with E-state index in [4.69, 9.17) is 14.0 Å². The van der Waals surface area contributed by atoms with Gasteiger partial charge in [0.05, 0.1) is 11.7 Å². The van der Waals surface area contributed by atoms with Gasteiger partial charge in [0.2, 0.25) is 0 Å². The highest BCUT2D eigenvalue weighted by Gasteiger charge is 2.43. The van der Waals surface area contributed by atoms with E-state index in [9.17, 15) is 4.79 Å². The van der Waals surface area contributed by atoms with E-state index in [2.05, 4.69) is 38.1 Å². The fourth-order valence-corrected chi connectivity index (χ4v) is 3.54. The standard InChI is InChI=1S/C21H32BNO4/c1-15-21(5,6)27-22(26-15)18-9-7-16(8-10-18)17-11-13-23(14-12-17)19(24)25-20(2,3)4/h7-10,15,17H,11-14H2,1-6H3/t15-/m0/s1. The Morgan fingerprint density at radius 3 is 2.26 bits per heavy atom. The molecule has 27 heavy (non-hydrogen) atoms. The van der Waals surface area contributed by atoms with E-state index >= 15 is 0 Å². The first kappa shape index (κ1) is 20.2. The molecule has 148 valence electrons. The van der Waals surface area contributed by atoms with Crippen LogP contribution < -0.4 is 5.46 Å². The van der Waals surface area contributed by atoms with Crippen molar-refractivity contribution in [1.82, 2.24) is 4.90 Å². The molecule has 0 spiro atoms. The van der Waals surface area contributed by atoms with E-state index in [0.29, 0.717) is 5.92 Å². The second kappa shape index (κ2) is 7.48. The maximum Gasteiger partial charge on any atom is 0.494 e. The van der Waals surface area contributed by atoms with Gasteiger partial charge in [-0.2, -0.15) is 0 Å². The SMILES string of the molecule is C[C@@H]1OB(c2ccc(C3CCN(C(=O)OC(C)(C)C)CC3)cc2)OC1(C)C. The molecule has 2 aliphatic heterocycles. The van der Waals surface area contributed by atoms with Gasteiger partial charge in [-0.1, -0.05) is 24.3 Å². The summed E-state index contributed by atoms with van der Waals surface area (Å²) < 4.78 is 17.5. The molecule has 0 aliphatic carbocycles. The zero-order valence-electron chi connectivity index (χ0n) is 17.5. The minimum Gasteiger partial charge on any atom is -0.444 e. The average molecular weight is 373 g/mol. The van der Waals surface area contributed by atoms with Gasteiger partial charge in [-0.25, -0.2) is 4.79 Å². The fourth-order valence-electron chi connectivity index (χ4n) is 3.54. The topological polar surface area (TPSA) is 48.0 Å². The third kappa shape index (κ3) is 4.85. The van der Waals surface area contributed by atoms with Crippen molar-refractivity contribution in [2.75, 3.05) is 13.1 Å². The van der Waals surface area contributed by atoms with Crippen molar-refractivity contribution in [3.63, 3.8) is 0 Å². The number of hydrogen-bond acceptors (Lipinski definition) is 4. The first-order chi connectivity index (χ1) is 12.5. The first-order valence-electron chi connectivity index (χ1n) is 9.96. The van der Waals surface area contributed by atoms with Gasteiger partial charge in [0, 0.05) is 13.1 Å². The summed E-state index contributed by atoms with van der Waals surface area (Å²) in [4.78, 5) is 14.0. The number of benzene rings is 1. The summed E-state index contributed by atoms with van der Waals surface area (Å²) in [6, 6.07) is 8.56. The fraction of sp³-hybridized carbons (Fsp3) is 0.667. The Labute approximate surface area is 163 Å². The van der Waals surface area contributed by atoms with Crippen LogP contribution in [0.3, 0.4) is 0 Å². The molecular formula is C21H32BNO4. The number of likely N-dealkylation sites (tertiary alicyclic amines) is 1. The van der Waals surface area contributed by atoms with Gasteiger partial charge in [-0.05, 0) is 71.3 Å². The Hall–Kier alpha value is -1.53. The van der Waals surface area contributed by atoms with Gasteiger partial charge in [-0.3, -0.25) is 0 Å². The lowest BCUT2D eigenvalue weighted by Crippen LogP contribution is -2.41. The van der Waals surface area contributed by atoms with E-state index in [1.54, 1.807) is 0 Å². The molecule has 2 fully saturated rings. The Kier molecular flexibility index (Phi) is 5.60. The Morgan fingerprint density at radius 1 is 1.19 bits per heavy atom. The molecule has 6 heteroatoms. The van der Waals surface area contributed by atoms with Crippen molar-refractivity contribution in [2.24, 2.45) is 0 Å². The number of carbonyl (C=O) groups is 1. The smallest absolute Gasteiger partial charge is 0.444 e. The van der Waals surface area contributed by atoms with Crippen LogP contribution in [0.4, 0.5) is 4.79 Å². The summed E-state index contributed by atoms with van der Waals surface area (Å²) in [7, 11) is -0.293. The van der Waals surface area contributed by atoms with Gasteiger partial charge in [0.1, 0.15) is 5.60 Å². The van der Waals surface area contributed by atoms with E-state index in [1.165, 1.54) is 5.56 Å². The summed E-state index contributed by atoms with van der Waals surface area (Å²) >= 11 is 0. The number of ether oxygens (including phenoxy) is 1. The van der Waals surface area contributed by atoms with Crippen LogP contribution in [-0.2, 0) is 14.0 Å². The molecule has 0 bridgehead atoms. The van der Waals surface area contributed by atoms with E-state index < -0.39 is 5.60 Å². The third-order valence-corrected chi connectivity index (χ3v) is 5.54. The maximum atomic E-state index is 12.2. The van der Waals surface area contributed by atoms with Crippen LogP contribution in [0.1, 0.15) is 65.9 Å². The van der Waals surface area contributed by atoms with E-state index in [0.717, 1.165) is 31.4 Å². The number of rotatable bonds is 2. The van der Waals surface area contributed by atoms with Crippen molar-refractivity contribution < 1.29 is 18.8 Å². The molecule has 1 aromatic rings. The summed E-state index contributed by atoms with van der Waals surface area (Å²) in [6.45, 7) is 13.3. The van der Waals surface area contributed by atoms with E-state index in [-0.39, 0.29) is 24.9 Å². The third-order valence-electron chi connectivity index (χ3n) is 5.54. The molecule has 1 atom stereocenters. The van der Waals surface area contributed by atoms with Gasteiger partial charge in [0.15, 0.2) is 0 Å². The summed E-state index contributed by atoms with van der Waals surface area (Å²) in [5.74, 6) is 0.471. The lowest BCUT2D eigenvalue weighted by atomic mass is 9.77. The van der Waals surface area contributed by atoms with Crippen molar-refractivity contribution in [1.29, 1.82) is 0 Å². The number of piperidine rings is 1. The molecule has 5 nitrogen and oxygen atoms in total. The largest absolute Gasteiger partial charge is 0.494 e. The zero-order chi connectivity index (χ0) is 19.8. The minimum atomic E-state index is -0.444.